The monoisotopic (exact) mass is 669 g/mol. The van der Waals surface area contributed by atoms with Crippen molar-refractivity contribution in [1.29, 1.82) is 0 Å². The number of aliphatic hydroxyl groups is 2. The van der Waals surface area contributed by atoms with Gasteiger partial charge in [-0.05, 0) is 19.4 Å². The largest absolute Gasteiger partial charge is 0.462 e. The van der Waals surface area contributed by atoms with Crippen LogP contribution in [0.25, 0.3) is 0 Å². The summed E-state index contributed by atoms with van der Waals surface area (Å²) in [5.41, 5.74) is 13.4. The van der Waals surface area contributed by atoms with Crippen LogP contribution in [-0.4, -0.2) is 84.5 Å². The maximum atomic E-state index is 13.4. The SMILES string of the molecule is CCCC(=O)OC[C@@H]1OC(n2cc(F)c(N)nc2=O)CS1.CCCCN.CO.Nc1nc(=O)n(C2CS[C@H](CO)O2)cc1F. The molecule has 0 spiro atoms. The van der Waals surface area contributed by atoms with Gasteiger partial charge in [-0.2, -0.15) is 9.97 Å². The molecule has 0 bridgehead atoms. The van der Waals surface area contributed by atoms with Crippen LogP contribution in [0.4, 0.5) is 20.4 Å². The van der Waals surface area contributed by atoms with Crippen LogP contribution in [0.5, 0.6) is 0 Å². The highest BCUT2D eigenvalue weighted by molar-refractivity contribution is 8.00. The standard InChI is InChI=1S/C12H16FN3O4S.C8H10FN3O3S.C4H11N.CH4O/c1-2-3-9(17)19-5-10-20-8(6-21-10)16-4-7(13)11(14)15-12(16)18;9-4-1-12(8(14)11-7(4)10)5-3-16-6(2-13)15-5;1-2-3-4-5;1-2/h4,8,10H,2-3,5-6H2,1H3,(H2,14,15,18);1,5-6,13H,2-3H2,(H2,10,11,14);2-5H2,1H3;2H,1H3/t8?,10-;5?,6-;;/m11../s1. The van der Waals surface area contributed by atoms with Gasteiger partial charge in [-0.3, -0.25) is 13.9 Å². The molecule has 2 aromatic rings. The normalized spacial score (nSPS) is 20.4. The van der Waals surface area contributed by atoms with Crippen molar-refractivity contribution in [3.8, 4) is 0 Å². The number of nitrogens with zero attached hydrogens (tertiary/aromatic N) is 4. The summed E-state index contributed by atoms with van der Waals surface area (Å²) in [6.07, 6.45) is 4.13. The third-order valence-electron chi connectivity index (χ3n) is 5.50. The lowest BCUT2D eigenvalue weighted by Crippen LogP contribution is -2.30. The summed E-state index contributed by atoms with van der Waals surface area (Å²) in [6.45, 7) is 4.80. The van der Waals surface area contributed by atoms with E-state index >= 15 is 0 Å². The molecule has 2 aliphatic rings. The Kier molecular flexibility index (Phi) is 18.7. The second-order valence-corrected chi connectivity index (χ2v) is 11.2. The number of thioether (sulfide) groups is 2. The Bertz CT molecular complexity index is 1270. The molecular formula is C25H41F2N7O8S2. The van der Waals surface area contributed by atoms with Crippen molar-refractivity contribution in [2.75, 3.05) is 49.8 Å². The van der Waals surface area contributed by atoms with Crippen molar-refractivity contribution < 1.29 is 38.0 Å². The molecular weight excluding hydrogens is 628 g/mol. The molecule has 44 heavy (non-hydrogen) atoms. The first-order valence-electron chi connectivity index (χ1n) is 13.6. The van der Waals surface area contributed by atoms with Gasteiger partial charge >= 0.3 is 17.3 Å². The Morgan fingerprint density at radius 1 is 0.977 bits per heavy atom. The fourth-order valence-electron chi connectivity index (χ4n) is 3.33. The van der Waals surface area contributed by atoms with Crippen molar-refractivity contribution in [3.63, 3.8) is 0 Å². The molecule has 4 atom stereocenters. The van der Waals surface area contributed by atoms with E-state index in [0.717, 1.165) is 35.2 Å². The highest BCUT2D eigenvalue weighted by Gasteiger charge is 2.30. The number of hydrogen-bond acceptors (Lipinski definition) is 15. The van der Waals surface area contributed by atoms with Gasteiger partial charge < -0.3 is 41.6 Å². The summed E-state index contributed by atoms with van der Waals surface area (Å²) in [7, 11) is 1.00. The topological polar surface area (TPSA) is 233 Å². The lowest BCUT2D eigenvalue weighted by atomic mass is 10.3. The maximum absolute atomic E-state index is 13.4. The van der Waals surface area contributed by atoms with Crippen LogP contribution >= 0.6 is 23.5 Å². The summed E-state index contributed by atoms with van der Waals surface area (Å²) in [6, 6.07) is 0. The number of ether oxygens (including phenoxy) is 3. The highest BCUT2D eigenvalue weighted by atomic mass is 32.2. The molecule has 2 saturated heterocycles. The minimum Gasteiger partial charge on any atom is -0.462 e. The van der Waals surface area contributed by atoms with Crippen LogP contribution in [-0.2, 0) is 19.0 Å². The van der Waals surface area contributed by atoms with Gasteiger partial charge in [0, 0.05) is 25.0 Å². The summed E-state index contributed by atoms with van der Waals surface area (Å²) < 4.78 is 44.5. The molecule has 4 rings (SSSR count). The number of halogens is 2. The number of aromatic nitrogens is 4. The molecule has 0 saturated carbocycles. The summed E-state index contributed by atoms with van der Waals surface area (Å²) in [5.74, 6) is -1.81. The van der Waals surface area contributed by atoms with Crippen LogP contribution in [0.1, 0.15) is 52.0 Å². The highest BCUT2D eigenvalue weighted by Crippen LogP contribution is 2.32. The minimum absolute atomic E-state index is 0.0969. The Balaban J connectivity index is 0.000000372. The summed E-state index contributed by atoms with van der Waals surface area (Å²) >= 11 is 2.73. The Morgan fingerprint density at radius 2 is 1.45 bits per heavy atom. The molecule has 19 heteroatoms. The zero-order chi connectivity index (χ0) is 33.2. The van der Waals surface area contributed by atoms with Gasteiger partial charge in [0.25, 0.3) is 0 Å². The summed E-state index contributed by atoms with van der Waals surface area (Å²) in [5, 5.41) is 15.9. The first-order chi connectivity index (χ1) is 21.0. The van der Waals surface area contributed by atoms with Gasteiger partial charge in [0.05, 0.1) is 19.0 Å². The first kappa shape index (κ1) is 39.2. The van der Waals surface area contributed by atoms with E-state index in [4.69, 9.17) is 41.6 Å². The number of esters is 1. The molecule has 2 unspecified atom stereocenters. The number of hydrogen-bond donors (Lipinski definition) is 5. The van der Waals surface area contributed by atoms with Crippen LogP contribution in [0.15, 0.2) is 22.0 Å². The molecule has 15 nitrogen and oxygen atoms in total. The van der Waals surface area contributed by atoms with Gasteiger partial charge in [-0.15, -0.1) is 23.5 Å². The van der Waals surface area contributed by atoms with Crippen molar-refractivity contribution in [3.05, 3.63) is 45.0 Å². The smallest absolute Gasteiger partial charge is 0.351 e. The number of rotatable bonds is 9. The van der Waals surface area contributed by atoms with Crippen molar-refractivity contribution in [2.24, 2.45) is 5.73 Å². The third-order valence-corrected chi connectivity index (χ3v) is 7.70. The Morgan fingerprint density at radius 3 is 1.84 bits per heavy atom. The van der Waals surface area contributed by atoms with Crippen LogP contribution < -0.4 is 28.6 Å². The number of unbranched alkanes of at least 4 members (excludes halogenated alkanes) is 1. The number of anilines is 2. The zero-order valence-corrected chi connectivity index (χ0v) is 26.4. The lowest BCUT2D eigenvalue weighted by Gasteiger charge is -2.15. The average Bonchev–Trinajstić information content (AvgIpc) is 3.68. The van der Waals surface area contributed by atoms with E-state index in [1.165, 1.54) is 36.4 Å². The van der Waals surface area contributed by atoms with E-state index in [-0.39, 0.29) is 24.6 Å². The molecule has 8 N–H and O–H groups in total. The van der Waals surface area contributed by atoms with Gasteiger partial charge in [0.1, 0.15) is 29.9 Å². The quantitative estimate of drug-likeness (QED) is 0.232. The molecule has 0 radical (unpaired) electrons. The van der Waals surface area contributed by atoms with Crippen molar-refractivity contribution >= 4 is 41.1 Å². The fourth-order valence-corrected chi connectivity index (χ4v) is 5.25. The van der Waals surface area contributed by atoms with E-state index in [9.17, 15) is 23.2 Å². The molecule has 250 valence electrons. The Hall–Kier alpha value is -2.81. The van der Waals surface area contributed by atoms with Gasteiger partial charge in [0.2, 0.25) is 0 Å². The summed E-state index contributed by atoms with van der Waals surface area (Å²) in [4.78, 5) is 41.1. The second-order valence-electron chi connectivity index (χ2n) is 8.79. The van der Waals surface area contributed by atoms with Gasteiger partial charge in [0.15, 0.2) is 23.3 Å². The zero-order valence-electron chi connectivity index (χ0n) is 24.8. The van der Waals surface area contributed by atoms with E-state index in [1.54, 1.807) is 0 Å². The molecule has 0 amide bonds. The molecule has 2 aromatic heterocycles. The van der Waals surface area contributed by atoms with Crippen LogP contribution in [0.2, 0.25) is 0 Å². The van der Waals surface area contributed by atoms with E-state index in [2.05, 4.69) is 16.9 Å². The molecule has 0 aliphatic carbocycles. The Labute approximate surface area is 261 Å². The van der Waals surface area contributed by atoms with E-state index in [1.807, 2.05) is 6.92 Å². The van der Waals surface area contributed by atoms with Crippen LogP contribution in [0.3, 0.4) is 0 Å². The minimum atomic E-state index is -0.777. The maximum Gasteiger partial charge on any atom is 0.351 e. The fraction of sp³-hybridized carbons (Fsp3) is 0.640. The average molecular weight is 670 g/mol. The third kappa shape index (κ3) is 12.7. The number of carbonyl (C=O) groups is 1. The number of aliphatic hydroxyl groups excluding tert-OH is 2. The van der Waals surface area contributed by atoms with Gasteiger partial charge in [-0.25, -0.2) is 18.4 Å². The lowest BCUT2D eigenvalue weighted by molar-refractivity contribution is -0.146. The molecule has 4 heterocycles. The van der Waals surface area contributed by atoms with Crippen molar-refractivity contribution in [1.82, 2.24) is 19.1 Å². The second kappa shape index (κ2) is 21.0. The first-order valence-corrected chi connectivity index (χ1v) is 15.7. The van der Waals surface area contributed by atoms with E-state index < -0.39 is 52.5 Å². The van der Waals surface area contributed by atoms with Crippen LogP contribution in [0, 0.1) is 11.6 Å². The predicted octanol–water partition coefficient (Wildman–Crippen LogP) is 0.795. The van der Waals surface area contributed by atoms with E-state index in [0.29, 0.717) is 24.3 Å². The molecule has 2 fully saturated rings. The molecule has 0 aromatic carbocycles. The van der Waals surface area contributed by atoms with Crippen molar-refractivity contribution in [2.45, 2.75) is 62.9 Å². The number of nitrogens with two attached hydrogens (primary N) is 3. The van der Waals surface area contributed by atoms with Gasteiger partial charge in [-0.1, -0.05) is 20.3 Å². The number of carbonyl (C=O) groups excluding carboxylic acids is 1. The molecule has 2 aliphatic heterocycles. The predicted molar refractivity (Wildman–Crippen MR) is 164 cm³/mol. The number of nitrogen functional groups attached to an aromatic ring is 2.